The molecule has 2 N–H and O–H groups in total. The van der Waals surface area contributed by atoms with Crippen molar-refractivity contribution >= 4 is 23.2 Å². The van der Waals surface area contributed by atoms with Crippen LogP contribution in [0, 0.1) is 5.82 Å². The normalized spacial score (nSPS) is 10.5. The highest BCUT2D eigenvalue weighted by molar-refractivity contribution is 6.04. The largest absolute Gasteiger partial charge is 0.324 e. The fraction of sp³-hybridized carbons (Fsp3) is 0.0435. The van der Waals surface area contributed by atoms with Gasteiger partial charge in [-0.1, -0.05) is 6.07 Å². The van der Waals surface area contributed by atoms with Crippen LogP contribution >= 0.6 is 0 Å². The van der Waals surface area contributed by atoms with E-state index in [0.717, 1.165) is 10.3 Å². The van der Waals surface area contributed by atoms with Gasteiger partial charge in [0.1, 0.15) is 12.4 Å². The van der Waals surface area contributed by atoms with Crippen LogP contribution in [0.4, 0.5) is 15.8 Å². The molecule has 0 spiro atoms. The summed E-state index contributed by atoms with van der Waals surface area (Å²) in [7, 11) is 0. The van der Waals surface area contributed by atoms with Gasteiger partial charge in [-0.3, -0.25) is 14.4 Å². The Morgan fingerprint density at radius 2 is 1.75 bits per heavy atom. The van der Waals surface area contributed by atoms with Crippen LogP contribution in [-0.4, -0.2) is 26.2 Å². The summed E-state index contributed by atoms with van der Waals surface area (Å²) in [6.07, 6.45) is 4.74. The molecule has 2 amide bonds. The number of carbonyl (C=O) groups is 2. The van der Waals surface area contributed by atoms with E-state index >= 15 is 0 Å². The third kappa shape index (κ3) is 4.96. The van der Waals surface area contributed by atoms with Crippen LogP contribution in [0.2, 0.25) is 0 Å². The maximum absolute atomic E-state index is 13.0. The third-order valence-electron chi connectivity index (χ3n) is 4.56. The zero-order valence-electron chi connectivity index (χ0n) is 16.7. The molecule has 4 rings (SSSR count). The SMILES string of the molecule is O=C(Cn1cc(C(=O)Nc2ccc(F)cc2)ccc1=O)Nc1cccc(-n2cccn2)c1. The Morgan fingerprint density at radius 1 is 0.938 bits per heavy atom. The Bertz CT molecular complexity index is 1310. The highest BCUT2D eigenvalue weighted by Crippen LogP contribution is 2.14. The first kappa shape index (κ1) is 20.7. The number of rotatable bonds is 6. The van der Waals surface area contributed by atoms with E-state index in [1.807, 2.05) is 6.07 Å². The van der Waals surface area contributed by atoms with Gasteiger partial charge in [0, 0.05) is 36.0 Å². The Kier molecular flexibility index (Phi) is 5.89. The predicted molar refractivity (Wildman–Crippen MR) is 117 cm³/mol. The van der Waals surface area contributed by atoms with E-state index in [0.29, 0.717) is 11.4 Å². The van der Waals surface area contributed by atoms with E-state index in [4.69, 9.17) is 0 Å². The van der Waals surface area contributed by atoms with Crippen molar-refractivity contribution < 1.29 is 14.0 Å². The lowest BCUT2D eigenvalue weighted by atomic mass is 10.2. The smallest absolute Gasteiger partial charge is 0.257 e. The number of anilines is 2. The highest BCUT2D eigenvalue weighted by atomic mass is 19.1. The third-order valence-corrected chi connectivity index (χ3v) is 4.56. The van der Waals surface area contributed by atoms with Gasteiger partial charge in [0.15, 0.2) is 0 Å². The van der Waals surface area contributed by atoms with E-state index in [1.54, 1.807) is 41.3 Å². The topological polar surface area (TPSA) is 98.0 Å². The van der Waals surface area contributed by atoms with E-state index in [-0.39, 0.29) is 12.1 Å². The summed E-state index contributed by atoms with van der Waals surface area (Å²) in [6.45, 7) is -0.275. The summed E-state index contributed by atoms with van der Waals surface area (Å²) < 4.78 is 15.8. The summed E-state index contributed by atoms with van der Waals surface area (Å²) >= 11 is 0. The first-order valence-electron chi connectivity index (χ1n) is 9.65. The van der Waals surface area contributed by atoms with Gasteiger partial charge >= 0.3 is 0 Å². The van der Waals surface area contributed by atoms with Crippen molar-refractivity contribution in [3.8, 4) is 5.69 Å². The van der Waals surface area contributed by atoms with Gasteiger partial charge in [0.05, 0.1) is 11.3 Å². The van der Waals surface area contributed by atoms with Gasteiger partial charge in [0.25, 0.3) is 11.5 Å². The van der Waals surface area contributed by atoms with Crippen molar-refractivity contribution in [2.75, 3.05) is 10.6 Å². The number of nitrogens with one attached hydrogen (secondary N) is 2. The number of aromatic nitrogens is 3. The van der Waals surface area contributed by atoms with E-state index in [9.17, 15) is 18.8 Å². The van der Waals surface area contributed by atoms with Gasteiger partial charge in [-0.05, 0) is 54.6 Å². The first-order chi connectivity index (χ1) is 15.5. The molecule has 0 aliphatic rings. The van der Waals surface area contributed by atoms with Crippen LogP contribution in [0.15, 0.2) is 90.1 Å². The minimum absolute atomic E-state index is 0.183. The van der Waals surface area contributed by atoms with E-state index in [1.165, 1.54) is 42.6 Å². The molecule has 32 heavy (non-hydrogen) atoms. The lowest BCUT2D eigenvalue weighted by molar-refractivity contribution is -0.116. The lowest BCUT2D eigenvalue weighted by Gasteiger charge is -2.11. The second-order valence-electron chi connectivity index (χ2n) is 6.89. The average molecular weight is 431 g/mol. The Balaban J connectivity index is 1.45. The minimum atomic E-state index is -0.488. The molecule has 160 valence electrons. The summed E-state index contributed by atoms with van der Waals surface area (Å²) in [5.41, 5.74) is 1.47. The molecular formula is C23H18FN5O3. The van der Waals surface area contributed by atoms with Crippen LogP contribution in [0.1, 0.15) is 10.4 Å². The molecule has 0 aliphatic carbocycles. The molecule has 0 unspecified atom stereocenters. The van der Waals surface area contributed by atoms with Crippen LogP contribution < -0.4 is 16.2 Å². The molecule has 0 atom stereocenters. The van der Waals surface area contributed by atoms with Gasteiger partial charge in [-0.2, -0.15) is 5.10 Å². The van der Waals surface area contributed by atoms with Gasteiger partial charge in [-0.25, -0.2) is 9.07 Å². The van der Waals surface area contributed by atoms with Crippen LogP contribution in [0.3, 0.4) is 0 Å². The molecule has 2 aromatic carbocycles. The molecule has 0 bridgehead atoms. The van der Waals surface area contributed by atoms with Crippen molar-refractivity contribution in [3.05, 3.63) is 107 Å². The van der Waals surface area contributed by atoms with Crippen molar-refractivity contribution in [2.24, 2.45) is 0 Å². The monoisotopic (exact) mass is 431 g/mol. The fourth-order valence-corrected chi connectivity index (χ4v) is 3.03. The molecular weight excluding hydrogens is 413 g/mol. The zero-order valence-corrected chi connectivity index (χ0v) is 16.7. The van der Waals surface area contributed by atoms with Crippen LogP contribution in [-0.2, 0) is 11.3 Å². The van der Waals surface area contributed by atoms with E-state index < -0.39 is 23.2 Å². The molecule has 8 nitrogen and oxygen atoms in total. The fourth-order valence-electron chi connectivity index (χ4n) is 3.03. The van der Waals surface area contributed by atoms with Crippen molar-refractivity contribution in [2.45, 2.75) is 6.54 Å². The zero-order chi connectivity index (χ0) is 22.5. The number of amides is 2. The predicted octanol–water partition coefficient (Wildman–Crippen LogP) is 3.06. The Labute approximate surface area is 181 Å². The quantitative estimate of drug-likeness (QED) is 0.490. The highest BCUT2D eigenvalue weighted by Gasteiger charge is 2.11. The van der Waals surface area contributed by atoms with Crippen molar-refractivity contribution in [1.82, 2.24) is 14.3 Å². The second-order valence-corrected chi connectivity index (χ2v) is 6.89. The van der Waals surface area contributed by atoms with Gasteiger partial charge in [0.2, 0.25) is 5.91 Å². The average Bonchev–Trinajstić information content (AvgIpc) is 3.32. The molecule has 2 aromatic heterocycles. The minimum Gasteiger partial charge on any atom is -0.324 e. The summed E-state index contributed by atoms with van der Waals surface area (Å²) in [5, 5.41) is 9.50. The Hall–Kier alpha value is -4.53. The molecule has 0 aliphatic heterocycles. The maximum Gasteiger partial charge on any atom is 0.257 e. The second kappa shape index (κ2) is 9.09. The molecule has 2 heterocycles. The molecule has 0 saturated heterocycles. The first-order valence-corrected chi connectivity index (χ1v) is 9.65. The maximum atomic E-state index is 13.0. The standard InChI is InChI=1S/C23H18FN5O3/c24-17-6-8-18(9-7-17)27-23(32)16-5-10-22(31)28(14-16)15-21(30)26-19-3-1-4-20(13-19)29-12-2-11-25-29/h1-14H,15H2,(H,26,30)(H,27,32). The molecule has 0 saturated carbocycles. The molecule has 4 aromatic rings. The van der Waals surface area contributed by atoms with Gasteiger partial charge < -0.3 is 15.2 Å². The summed E-state index contributed by atoms with van der Waals surface area (Å²) in [5.74, 6) is -1.34. The Morgan fingerprint density at radius 3 is 2.50 bits per heavy atom. The molecule has 0 radical (unpaired) electrons. The number of halogens is 1. The van der Waals surface area contributed by atoms with Crippen LogP contribution in [0.5, 0.6) is 0 Å². The van der Waals surface area contributed by atoms with Gasteiger partial charge in [-0.15, -0.1) is 0 Å². The van der Waals surface area contributed by atoms with Crippen molar-refractivity contribution in [3.63, 3.8) is 0 Å². The number of hydrogen-bond donors (Lipinski definition) is 2. The van der Waals surface area contributed by atoms with Crippen LogP contribution in [0.25, 0.3) is 5.69 Å². The summed E-state index contributed by atoms with van der Waals surface area (Å²) in [4.78, 5) is 37.2. The number of hydrogen-bond acceptors (Lipinski definition) is 4. The number of benzene rings is 2. The number of nitrogens with zero attached hydrogens (tertiary/aromatic N) is 3. The summed E-state index contributed by atoms with van der Waals surface area (Å²) in [6, 6.07) is 16.8. The lowest BCUT2D eigenvalue weighted by Crippen LogP contribution is -2.28. The number of pyridine rings is 1. The van der Waals surface area contributed by atoms with E-state index in [2.05, 4.69) is 15.7 Å². The molecule has 9 heteroatoms. The number of carbonyl (C=O) groups excluding carboxylic acids is 2. The molecule has 0 fully saturated rings. The van der Waals surface area contributed by atoms with Crippen molar-refractivity contribution in [1.29, 1.82) is 0 Å².